The number of nitrogens with one attached hydrogen (secondary N) is 1. The predicted octanol–water partition coefficient (Wildman–Crippen LogP) is 2.54. The van der Waals surface area contributed by atoms with E-state index >= 15 is 0 Å². The lowest BCUT2D eigenvalue weighted by Gasteiger charge is -2.02. The van der Waals surface area contributed by atoms with Crippen LogP contribution in [0.15, 0.2) is 53.7 Å². The summed E-state index contributed by atoms with van der Waals surface area (Å²) in [5, 5.41) is 2.76. The van der Waals surface area contributed by atoms with E-state index in [4.69, 9.17) is 0 Å². The van der Waals surface area contributed by atoms with E-state index in [1.54, 1.807) is 6.20 Å². The molecule has 18 heavy (non-hydrogen) atoms. The predicted molar refractivity (Wildman–Crippen MR) is 70.1 cm³/mol. The van der Waals surface area contributed by atoms with Crippen LogP contribution in [0, 0.1) is 0 Å². The fourth-order valence-corrected chi connectivity index (χ4v) is 1.89. The molecule has 1 aliphatic heterocycles. The third-order valence-electron chi connectivity index (χ3n) is 2.73. The summed E-state index contributed by atoms with van der Waals surface area (Å²) in [5.74, 6) is 0.434. The number of carbonyl (C=O) groups excluding carboxylic acids is 1. The maximum Gasteiger partial charge on any atom is 0.231 e. The van der Waals surface area contributed by atoms with Crippen molar-refractivity contribution >= 4 is 23.1 Å². The molecule has 1 aliphatic rings. The lowest BCUT2D eigenvalue weighted by atomic mass is 10.1. The largest absolute Gasteiger partial charge is 0.309 e. The molecular formula is C14H11N3O. The van der Waals surface area contributed by atoms with Crippen LogP contribution in [0.25, 0.3) is 0 Å². The van der Waals surface area contributed by atoms with E-state index in [0.717, 1.165) is 11.3 Å². The molecule has 0 saturated carbocycles. The summed E-state index contributed by atoms with van der Waals surface area (Å²) in [6, 6.07) is 13.4. The molecule has 1 aromatic carbocycles. The Morgan fingerprint density at radius 2 is 1.89 bits per heavy atom. The van der Waals surface area contributed by atoms with Gasteiger partial charge in [-0.05, 0) is 17.7 Å². The molecule has 0 atom stereocenters. The number of nitrogens with zero attached hydrogens (tertiary/aromatic N) is 2. The van der Waals surface area contributed by atoms with Gasteiger partial charge in [0.1, 0.15) is 5.69 Å². The number of pyridine rings is 1. The van der Waals surface area contributed by atoms with Crippen molar-refractivity contribution in [2.75, 3.05) is 5.32 Å². The van der Waals surface area contributed by atoms with E-state index in [1.165, 1.54) is 0 Å². The highest BCUT2D eigenvalue weighted by Crippen LogP contribution is 2.26. The van der Waals surface area contributed by atoms with Crippen molar-refractivity contribution in [2.24, 2.45) is 4.99 Å². The van der Waals surface area contributed by atoms with Gasteiger partial charge in [0.25, 0.3) is 0 Å². The third-order valence-corrected chi connectivity index (χ3v) is 2.73. The Hall–Kier alpha value is -2.49. The van der Waals surface area contributed by atoms with Gasteiger partial charge in [0.15, 0.2) is 5.82 Å². The van der Waals surface area contributed by atoms with Crippen molar-refractivity contribution in [3.05, 3.63) is 54.2 Å². The molecule has 4 nitrogen and oxygen atoms in total. The molecule has 0 radical (unpaired) electrons. The van der Waals surface area contributed by atoms with Gasteiger partial charge in [0.05, 0.1) is 12.1 Å². The van der Waals surface area contributed by atoms with Gasteiger partial charge in [-0.25, -0.2) is 9.98 Å². The SMILES string of the molecule is O=C1CC(c2ccccc2)=Nc2cccnc2N1. The minimum absolute atomic E-state index is 0.0879. The second-order valence-electron chi connectivity index (χ2n) is 4.02. The van der Waals surface area contributed by atoms with Crippen LogP contribution in [0.2, 0.25) is 0 Å². The monoisotopic (exact) mass is 237 g/mol. The fourth-order valence-electron chi connectivity index (χ4n) is 1.89. The summed E-state index contributed by atoms with van der Waals surface area (Å²) >= 11 is 0. The second kappa shape index (κ2) is 4.41. The summed E-state index contributed by atoms with van der Waals surface area (Å²) < 4.78 is 0. The molecule has 1 N–H and O–H groups in total. The Kier molecular flexibility index (Phi) is 2.61. The average Bonchev–Trinajstić information content (AvgIpc) is 2.57. The molecule has 2 heterocycles. The van der Waals surface area contributed by atoms with Crippen LogP contribution in [0.3, 0.4) is 0 Å². The van der Waals surface area contributed by atoms with Gasteiger partial charge in [-0.3, -0.25) is 4.79 Å². The first-order chi connectivity index (χ1) is 8.83. The molecule has 3 rings (SSSR count). The highest BCUT2D eigenvalue weighted by Gasteiger charge is 2.17. The Morgan fingerprint density at radius 3 is 2.72 bits per heavy atom. The Labute approximate surface area is 104 Å². The first kappa shape index (κ1) is 10.7. The Bertz CT molecular complexity index is 620. The van der Waals surface area contributed by atoms with E-state index < -0.39 is 0 Å². The minimum atomic E-state index is -0.0879. The molecule has 0 unspecified atom stereocenters. The zero-order valence-corrected chi connectivity index (χ0v) is 9.63. The number of anilines is 1. The van der Waals surface area contributed by atoms with Crippen LogP contribution in [0.5, 0.6) is 0 Å². The topological polar surface area (TPSA) is 54.4 Å². The molecule has 4 heteroatoms. The maximum atomic E-state index is 11.8. The third kappa shape index (κ3) is 2.00. The van der Waals surface area contributed by atoms with Crippen molar-refractivity contribution in [3.63, 3.8) is 0 Å². The molecule has 0 saturated heterocycles. The molecule has 0 fully saturated rings. The van der Waals surface area contributed by atoms with Crippen molar-refractivity contribution in [3.8, 4) is 0 Å². The van der Waals surface area contributed by atoms with E-state index in [1.807, 2.05) is 42.5 Å². The minimum Gasteiger partial charge on any atom is -0.309 e. The summed E-state index contributed by atoms with van der Waals surface area (Å²) in [4.78, 5) is 20.4. The van der Waals surface area contributed by atoms with Crippen LogP contribution in [-0.2, 0) is 4.79 Å². The summed E-state index contributed by atoms with van der Waals surface area (Å²) in [7, 11) is 0. The molecule has 2 aromatic rings. The highest BCUT2D eigenvalue weighted by atomic mass is 16.1. The van der Waals surface area contributed by atoms with Crippen molar-refractivity contribution < 1.29 is 4.79 Å². The van der Waals surface area contributed by atoms with E-state index in [9.17, 15) is 4.79 Å². The van der Waals surface area contributed by atoms with Gasteiger partial charge in [0.2, 0.25) is 5.91 Å². The zero-order valence-electron chi connectivity index (χ0n) is 9.63. The normalized spacial score (nSPS) is 14.2. The van der Waals surface area contributed by atoms with Crippen LogP contribution in [0.1, 0.15) is 12.0 Å². The number of hydrogen-bond donors (Lipinski definition) is 1. The number of aromatic nitrogens is 1. The number of benzene rings is 1. The van der Waals surface area contributed by atoms with Gasteiger partial charge in [0, 0.05) is 6.20 Å². The van der Waals surface area contributed by atoms with Gasteiger partial charge in [-0.2, -0.15) is 0 Å². The molecule has 1 aromatic heterocycles. The van der Waals surface area contributed by atoms with Gasteiger partial charge in [-0.1, -0.05) is 30.3 Å². The molecule has 1 amide bonds. The van der Waals surface area contributed by atoms with Gasteiger partial charge < -0.3 is 5.32 Å². The molecule has 0 spiro atoms. The van der Waals surface area contributed by atoms with Gasteiger partial charge >= 0.3 is 0 Å². The number of rotatable bonds is 1. The number of carbonyl (C=O) groups is 1. The van der Waals surface area contributed by atoms with Crippen molar-refractivity contribution in [1.29, 1.82) is 0 Å². The molecular weight excluding hydrogens is 226 g/mol. The van der Waals surface area contributed by atoms with Crippen LogP contribution in [0.4, 0.5) is 11.5 Å². The van der Waals surface area contributed by atoms with Gasteiger partial charge in [-0.15, -0.1) is 0 Å². The highest BCUT2D eigenvalue weighted by molar-refractivity contribution is 6.16. The smallest absolute Gasteiger partial charge is 0.231 e. The summed E-state index contributed by atoms with van der Waals surface area (Å²) in [6.45, 7) is 0. The van der Waals surface area contributed by atoms with Crippen LogP contribution < -0.4 is 5.32 Å². The first-order valence-electron chi connectivity index (χ1n) is 5.71. The lowest BCUT2D eigenvalue weighted by molar-refractivity contribution is -0.115. The Balaban J connectivity index is 2.11. The summed E-state index contributed by atoms with van der Waals surface area (Å²) in [5.41, 5.74) is 2.42. The standard InChI is InChI=1S/C14H11N3O/c18-13-9-12(10-5-2-1-3-6-10)16-11-7-4-8-15-14(11)17-13/h1-8H,9H2,(H,15,17,18). The zero-order chi connectivity index (χ0) is 12.4. The second-order valence-corrected chi connectivity index (χ2v) is 4.02. The molecule has 88 valence electrons. The summed E-state index contributed by atoms with van der Waals surface area (Å²) in [6.07, 6.45) is 1.91. The van der Waals surface area contributed by atoms with Crippen molar-refractivity contribution in [1.82, 2.24) is 4.98 Å². The molecule has 0 aliphatic carbocycles. The molecule has 0 bridgehead atoms. The van der Waals surface area contributed by atoms with Crippen LogP contribution in [-0.4, -0.2) is 16.6 Å². The van der Waals surface area contributed by atoms with E-state index in [0.29, 0.717) is 11.5 Å². The first-order valence-corrected chi connectivity index (χ1v) is 5.71. The number of hydrogen-bond acceptors (Lipinski definition) is 3. The quantitative estimate of drug-likeness (QED) is 0.828. The van der Waals surface area contributed by atoms with Crippen LogP contribution >= 0.6 is 0 Å². The number of fused-ring (bicyclic) bond motifs is 1. The van der Waals surface area contributed by atoms with E-state index in [-0.39, 0.29) is 12.3 Å². The van der Waals surface area contributed by atoms with Crippen molar-refractivity contribution in [2.45, 2.75) is 6.42 Å². The number of aliphatic imine (C=N–C) groups is 1. The average molecular weight is 237 g/mol. The Morgan fingerprint density at radius 1 is 1.06 bits per heavy atom. The number of amides is 1. The lowest BCUT2D eigenvalue weighted by Crippen LogP contribution is -2.15. The maximum absolute atomic E-state index is 11.8. The fraction of sp³-hybridized carbons (Fsp3) is 0.0714. The van der Waals surface area contributed by atoms with E-state index in [2.05, 4.69) is 15.3 Å².